The van der Waals surface area contributed by atoms with Gasteiger partial charge in [-0.15, -0.1) is 0 Å². The summed E-state index contributed by atoms with van der Waals surface area (Å²) in [5.41, 5.74) is -3.37. The number of pyridine rings is 1. The molecule has 0 radical (unpaired) electrons. The van der Waals surface area contributed by atoms with Crippen LogP contribution in [0, 0.1) is 5.82 Å². The average molecular weight is 422 g/mol. The Balaban J connectivity index is 1.93. The monoisotopic (exact) mass is 422 g/mol. The molecule has 0 aliphatic heterocycles. The van der Waals surface area contributed by atoms with Crippen molar-refractivity contribution in [2.24, 2.45) is 0 Å². The van der Waals surface area contributed by atoms with Crippen molar-refractivity contribution in [3.63, 3.8) is 0 Å². The molecule has 4 N–H and O–H groups in total. The summed E-state index contributed by atoms with van der Waals surface area (Å²) in [6.45, 7) is 1.50. The molecule has 0 spiro atoms. The highest BCUT2D eigenvalue weighted by Crippen LogP contribution is 2.54. The van der Waals surface area contributed by atoms with Gasteiger partial charge in [0.2, 0.25) is 5.56 Å². The lowest BCUT2D eigenvalue weighted by atomic mass is 9.70. The van der Waals surface area contributed by atoms with Gasteiger partial charge in [-0.2, -0.15) is 13.2 Å². The minimum Gasteiger partial charge on any atom is -0.508 e. The van der Waals surface area contributed by atoms with E-state index in [2.05, 4.69) is 10.3 Å². The molecule has 1 aliphatic rings. The van der Waals surface area contributed by atoms with Crippen molar-refractivity contribution >= 4 is 16.6 Å². The molecule has 0 amide bonds. The van der Waals surface area contributed by atoms with E-state index in [1.807, 2.05) is 0 Å². The third kappa shape index (κ3) is 3.00. The molecule has 0 fully saturated rings. The van der Waals surface area contributed by atoms with E-state index in [9.17, 15) is 32.6 Å². The van der Waals surface area contributed by atoms with Crippen LogP contribution in [0.3, 0.4) is 0 Å². The molecular weight excluding hydrogens is 404 g/mol. The number of nitrogens with one attached hydrogen (secondary N) is 2. The van der Waals surface area contributed by atoms with Gasteiger partial charge in [-0.1, -0.05) is 19.1 Å². The molecule has 9 heteroatoms. The maximum absolute atomic E-state index is 14.1. The maximum atomic E-state index is 14.1. The number of phenols is 1. The summed E-state index contributed by atoms with van der Waals surface area (Å²) in [7, 11) is 0. The van der Waals surface area contributed by atoms with Crippen LogP contribution in [0.5, 0.6) is 5.75 Å². The molecule has 3 aromatic rings. The smallest absolute Gasteiger partial charge is 0.419 e. The number of aromatic hydroxyl groups is 1. The van der Waals surface area contributed by atoms with Gasteiger partial charge in [0.15, 0.2) is 5.60 Å². The van der Waals surface area contributed by atoms with Gasteiger partial charge in [0.05, 0.1) is 11.6 Å². The second kappa shape index (κ2) is 6.73. The van der Waals surface area contributed by atoms with Crippen LogP contribution in [0.1, 0.15) is 36.4 Å². The molecule has 158 valence electrons. The van der Waals surface area contributed by atoms with Gasteiger partial charge in [0.1, 0.15) is 11.6 Å². The summed E-state index contributed by atoms with van der Waals surface area (Å²) in [4.78, 5) is 13.9. The fourth-order valence-corrected chi connectivity index (χ4v) is 4.28. The number of fused-ring (bicyclic) bond motifs is 2. The molecular formula is C21H18F4N2O3. The average Bonchev–Trinajstić information content (AvgIpc) is 2.66. The first-order valence-corrected chi connectivity index (χ1v) is 9.22. The number of phenolic OH excluding ortho intramolecular Hbond substituents is 1. The van der Waals surface area contributed by atoms with Crippen molar-refractivity contribution in [2.75, 3.05) is 5.32 Å². The highest BCUT2D eigenvalue weighted by Gasteiger charge is 2.62. The van der Waals surface area contributed by atoms with E-state index in [0.717, 1.165) is 12.1 Å². The van der Waals surface area contributed by atoms with Crippen LogP contribution in [-0.4, -0.2) is 27.0 Å². The van der Waals surface area contributed by atoms with E-state index in [4.69, 9.17) is 0 Å². The summed E-state index contributed by atoms with van der Waals surface area (Å²) >= 11 is 0. The van der Waals surface area contributed by atoms with Crippen molar-refractivity contribution < 1.29 is 27.8 Å². The molecule has 3 atom stereocenters. The quantitative estimate of drug-likeness (QED) is 0.463. The molecule has 1 aromatic heterocycles. The first-order valence-electron chi connectivity index (χ1n) is 9.22. The minimum absolute atomic E-state index is 0.0930. The fraction of sp³-hybridized carbons (Fsp3) is 0.286. The second-order valence-electron chi connectivity index (χ2n) is 7.59. The van der Waals surface area contributed by atoms with Gasteiger partial charge in [-0.3, -0.25) is 4.79 Å². The molecule has 1 aliphatic carbocycles. The van der Waals surface area contributed by atoms with Gasteiger partial charge in [-0.05, 0) is 42.2 Å². The Labute approximate surface area is 168 Å². The van der Waals surface area contributed by atoms with Crippen LogP contribution < -0.4 is 10.9 Å². The maximum Gasteiger partial charge on any atom is 0.419 e. The van der Waals surface area contributed by atoms with Crippen molar-refractivity contribution in [3.05, 3.63) is 69.8 Å². The van der Waals surface area contributed by atoms with E-state index in [1.54, 1.807) is 0 Å². The van der Waals surface area contributed by atoms with E-state index < -0.39 is 41.5 Å². The lowest BCUT2D eigenvalue weighted by Crippen LogP contribution is -2.55. The summed E-state index contributed by atoms with van der Waals surface area (Å²) in [6.07, 6.45) is -5.65. The zero-order valence-electron chi connectivity index (χ0n) is 15.7. The number of H-pyrrole nitrogens is 1. The molecule has 4 rings (SSSR count). The van der Waals surface area contributed by atoms with E-state index in [0.29, 0.717) is 5.56 Å². The van der Waals surface area contributed by atoms with Crippen molar-refractivity contribution in [1.82, 2.24) is 4.98 Å². The summed E-state index contributed by atoms with van der Waals surface area (Å²) < 4.78 is 56.2. The zero-order valence-corrected chi connectivity index (χ0v) is 15.7. The summed E-state index contributed by atoms with van der Waals surface area (Å²) in [5.74, 6) is -1.66. The van der Waals surface area contributed by atoms with E-state index in [-0.39, 0.29) is 27.9 Å². The predicted octanol–water partition coefficient (Wildman–Crippen LogP) is 4.33. The fourth-order valence-electron chi connectivity index (χ4n) is 4.28. The van der Waals surface area contributed by atoms with Gasteiger partial charge in [0.25, 0.3) is 0 Å². The standard InChI is InChI=1S/C21H18F4N2O3/c1-10-9-20(30,21(23,24)25)19(12-3-2-4-15(28)17(10)12)26-14-7-6-13(22)18-11(14)5-8-16(29)27-18/h2-8,10,19,26,28,30H,9H2,1H3,(H,27,29)/t10-,19-,20+/m0/s1. The Bertz CT molecular complexity index is 1190. The van der Waals surface area contributed by atoms with Crippen LogP contribution in [0.2, 0.25) is 0 Å². The van der Waals surface area contributed by atoms with Crippen molar-refractivity contribution in [2.45, 2.75) is 37.1 Å². The van der Waals surface area contributed by atoms with Gasteiger partial charge < -0.3 is 20.5 Å². The molecule has 0 saturated carbocycles. The number of hydrogen-bond donors (Lipinski definition) is 4. The Kier molecular flexibility index (Phi) is 4.54. The summed E-state index contributed by atoms with van der Waals surface area (Å²) in [5, 5.41) is 23.9. The Morgan fingerprint density at radius 1 is 1.17 bits per heavy atom. The number of alkyl halides is 3. The van der Waals surface area contributed by atoms with E-state index >= 15 is 0 Å². The second-order valence-corrected chi connectivity index (χ2v) is 7.59. The highest BCUT2D eigenvalue weighted by molar-refractivity contribution is 5.91. The first kappa shape index (κ1) is 20.2. The molecule has 5 nitrogen and oxygen atoms in total. The highest BCUT2D eigenvalue weighted by atomic mass is 19.4. The Morgan fingerprint density at radius 3 is 2.60 bits per heavy atom. The van der Waals surface area contributed by atoms with Crippen LogP contribution in [0.15, 0.2) is 47.3 Å². The predicted molar refractivity (Wildman–Crippen MR) is 103 cm³/mol. The van der Waals surface area contributed by atoms with Gasteiger partial charge >= 0.3 is 6.18 Å². The number of aromatic amines is 1. The molecule has 0 unspecified atom stereocenters. The van der Waals surface area contributed by atoms with Gasteiger partial charge in [0, 0.05) is 22.7 Å². The molecule has 0 bridgehead atoms. The van der Waals surface area contributed by atoms with Crippen LogP contribution in [0.4, 0.5) is 23.2 Å². The number of aliphatic hydroxyl groups is 1. The van der Waals surface area contributed by atoms with Crippen molar-refractivity contribution in [3.8, 4) is 5.75 Å². The number of halogens is 4. The number of rotatable bonds is 2. The number of hydrogen-bond acceptors (Lipinski definition) is 4. The number of aromatic nitrogens is 1. The van der Waals surface area contributed by atoms with E-state index in [1.165, 1.54) is 37.3 Å². The first-order chi connectivity index (χ1) is 14.0. The molecule has 2 aromatic carbocycles. The lowest BCUT2D eigenvalue weighted by molar-refractivity contribution is -0.272. The zero-order chi connectivity index (χ0) is 21.8. The Hall–Kier alpha value is -3.07. The molecule has 1 heterocycles. The SMILES string of the molecule is C[C@H]1C[C@](O)(C(F)(F)F)[C@@H](Nc2ccc(F)c3[nH]c(=O)ccc23)c2cccc(O)c21. The largest absolute Gasteiger partial charge is 0.508 e. The van der Waals surface area contributed by atoms with Crippen LogP contribution in [-0.2, 0) is 0 Å². The third-order valence-corrected chi connectivity index (χ3v) is 5.65. The van der Waals surface area contributed by atoms with Crippen LogP contribution in [0.25, 0.3) is 10.9 Å². The van der Waals surface area contributed by atoms with Crippen molar-refractivity contribution in [1.29, 1.82) is 0 Å². The lowest BCUT2D eigenvalue weighted by Gasteiger charge is -2.45. The normalized spacial score (nSPS) is 23.9. The summed E-state index contributed by atoms with van der Waals surface area (Å²) in [6, 6.07) is 7.20. The minimum atomic E-state index is -4.98. The number of anilines is 1. The molecule has 0 saturated heterocycles. The third-order valence-electron chi connectivity index (χ3n) is 5.65. The van der Waals surface area contributed by atoms with Crippen LogP contribution >= 0.6 is 0 Å². The topological polar surface area (TPSA) is 85.4 Å². The molecule has 30 heavy (non-hydrogen) atoms. The number of benzene rings is 2. The Morgan fingerprint density at radius 2 is 1.90 bits per heavy atom. The van der Waals surface area contributed by atoms with Gasteiger partial charge in [-0.25, -0.2) is 4.39 Å².